The van der Waals surface area contributed by atoms with Crippen LogP contribution in [-0.4, -0.2) is 18.3 Å². The summed E-state index contributed by atoms with van der Waals surface area (Å²) in [7, 11) is 0. The second kappa shape index (κ2) is 7.80. The molecule has 0 aromatic heterocycles. The van der Waals surface area contributed by atoms with Crippen molar-refractivity contribution in [2.75, 3.05) is 18.1 Å². The quantitative estimate of drug-likeness (QED) is 0.295. The Labute approximate surface area is 110 Å². The average molecular weight is 271 g/mol. The third kappa shape index (κ3) is 4.82. The summed E-state index contributed by atoms with van der Waals surface area (Å²) >= 11 is 1.47. The zero-order chi connectivity index (χ0) is 13.4. The Balaban J connectivity index is 2.50. The number of nitrogen functional groups attached to an aromatic ring is 1. The fraction of sp³-hybridized carbons (Fsp3) is 0.364. The third-order valence-electron chi connectivity index (χ3n) is 2.03. The summed E-state index contributed by atoms with van der Waals surface area (Å²) in [5.41, 5.74) is 8.35. The number of carbonyl (C=O) groups is 1. The van der Waals surface area contributed by atoms with Crippen LogP contribution in [0, 0.1) is 0 Å². The van der Waals surface area contributed by atoms with Crippen LogP contribution in [0.4, 0.5) is 5.69 Å². The van der Waals surface area contributed by atoms with Gasteiger partial charge >= 0.3 is 5.97 Å². The zero-order valence-electron chi connectivity index (χ0n) is 10.1. The average Bonchev–Trinajstić information content (AvgIpc) is 2.34. The highest BCUT2D eigenvalue weighted by Crippen LogP contribution is 2.29. The van der Waals surface area contributed by atoms with E-state index in [2.05, 4.69) is 4.84 Å². The van der Waals surface area contributed by atoms with Gasteiger partial charge in [-0.25, -0.2) is 5.84 Å². The maximum Gasteiger partial charge on any atom is 0.327 e. The van der Waals surface area contributed by atoms with Gasteiger partial charge in [-0.15, -0.1) is 11.8 Å². The van der Waals surface area contributed by atoms with Crippen molar-refractivity contribution in [1.29, 1.82) is 0 Å². The maximum absolute atomic E-state index is 11.1. The number of nitrogens with two attached hydrogens (primary N) is 2. The molecule has 18 heavy (non-hydrogen) atoms. The number of thioether (sulfide) groups is 1. The molecular weight excluding hydrogens is 254 g/mol. The summed E-state index contributed by atoms with van der Waals surface area (Å²) in [5, 5.41) is 0. The topological polar surface area (TPSA) is 99.6 Å². The Morgan fingerprint density at radius 3 is 2.94 bits per heavy atom. The van der Waals surface area contributed by atoms with E-state index in [4.69, 9.17) is 16.3 Å². The lowest BCUT2D eigenvalue weighted by Crippen LogP contribution is -2.26. The summed E-state index contributed by atoms with van der Waals surface area (Å²) in [6.07, 6.45) is 0.243. The number of benzene rings is 1. The highest BCUT2D eigenvalue weighted by Gasteiger charge is 2.06. The van der Waals surface area contributed by atoms with E-state index in [1.807, 2.05) is 24.6 Å². The molecule has 7 heteroatoms. The molecular formula is C11H17N3O3S. The smallest absolute Gasteiger partial charge is 0.327 e. The number of hydrogen-bond acceptors (Lipinski definition) is 7. The van der Waals surface area contributed by atoms with Gasteiger partial charge in [-0.05, 0) is 25.1 Å². The molecule has 0 aliphatic heterocycles. The van der Waals surface area contributed by atoms with Gasteiger partial charge in [-0.1, -0.05) is 5.59 Å². The van der Waals surface area contributed by atoms with Crippen molar-refractivity contribution in [2.24, 2.45) is 5.84 Å². The zero-order valence-corrected chi connectivity index (χ0v) is 11.0. The van der Waals surface area contributed by atoms with Gasteiger partial charge in [0.2, 0.25) is 0 Å². The molecule has 0 heterocycles. The molecule has 0 spiro atoms. The SMILES string of the molecule is CCOc1ccc(N)c(SCCC(=O)ONN)c1. The van der Waals surface area contributed by atoms with Crippen molar-refractivity contribution in [2.45, 2.75) is 18.2 Å². The Kier molecular flexibility index (Phi) is 6.34. The first-order valence-corrected chi connectivity index (χ1v) is 6.46. The van der Waals surface area contributed by atoms with E-state index in [1.54, 1.807) is 6.07 Å². The molecule has 0 radical (unpaired) electrons. The monoisotopic (exact) mass is 271 g/mol. The molecule has 0 fully saturated rings. The van der Waals surface area contributed by atoms with E-state index in [0.29, 0.717) is 18.0 Å². The first kappa shape index (κ1) is 14.6. The van der Waals surface area contributed by atoms with Crippen LogP contribution in [0.5, 0.6) is 5.75 Å². The first-order valence-electron chi connectivity index (χ1n) is 5.47. The molecule has 1 aromatic rings. The van der Waals surface area contributed by atoms with Crippen LogP contribution in [0.15, 0.2) is 23.1 Å². The van der Waals surface area contributed by atoms with Gasteiger partial charge in [0.05, 0.1) is 13.0 Å². The molecule has 100 valence electrons. The van der Waals surface area contributed by atoms with Crippen molar-refractivity contribution in [3.05, 3.63) is 18.2 Å². The molecule has 0 amide bonds. The van der Waals surface area contributed by atoms with Gasteiger partial charge in [0, 0.05) is 16.3 Å². The van der Waals surface area contributed by atoms with E-state index >= 15 is 0 Å². The molecule has 0 bridgehead atoms. The summed E-state index contributed by atoms with van der Waals surface area (Å²) in [4.78, 5) is 16.3. The fourth-order valence-electron chi connectivity index (χ4n) is 1.26. The molecule has 1 aromatic carbocycles. The molecule has 0 aliphatic rings. The van der Waals surface area contributed by atoms with Crippen LogP contribution < -0.4 is 21.9 Å². The molecule has 0 aliphatic carbocycles. The van der Waals surface area contributed by atoms with Crippen LogP contribution >= 0.6 is 11.8 Å². The number of hydrazine groups is 1. The van der Waals surface area contributed by atoms with E-state index in [-0.39, 0.29) is 6.42 Å². The predicted octanol–water partition coefficient (Wildman–Crippen LogP) is 1.07. The first-order chi connectivity index (χ1) is 8.67. The summed E-state index contributed by atoms with van der Waals surface area (Å²) in [6, 6.07) is 5.46. The van der Waals surface area contributed by atoms with Gasteiger partial charge in [0.1, 0.15) is 5.75 Å². The maximum atomic E-state index is 11.1. The lowest BCUT2D eigenvalue weighted by molar-refractivity contribution is -0.150. The number of carbonyl (C=O) groups excluding carboxylic acids is 1. The van der Waals surface area contributed by atoms with Crippen LogP contribution in [-0.2, 0) is 9.63 Å². The van der Waals surface area contributed by atoms with Gasteiger partial charge in [-0.3, -0.25) is 4.79 Å². The predicted molar refractivity (Wildman–Crippen MR) is 70.8 cm³/mol. The number of anilines is 1. The molecule has 6 nitrogen and oxygen atoms in total. The molecule has 0 unspecified atom stereocenters. The Hall–Kier alpha value is -1.44. The van der Waals surface area contributed by atoms with Crippen LogP contribution in [0.2, 0.25) is 0 Å². The Bertz CT molecular complexity index is 401. The molecule has 0 saturated heterocycles. The van der Waals surface area contributed by atoms with Crippen molar-refractivity contribution in [1.82, 2.24) is 5.59 Å². The molecule has 5 N–H and O–H groups in total. The standard InChI is InChI=1S/C11H17N3O3S/c1-2-16-8-3-4-9(12)10(7-8)18-6-5-11(15)17-14-13/h3-4,7,14H,2,5-6,12-13H2,1H3. The second-order valence-corrected chi connectivity index (χ2v) is 4.46. The summed E-state index contributed by atoms with van der Waals surface area (Å²) < 4.78 is 5.38. The van der Waals surface area contributed by atoms with Crippen molar-refractivity contribution < 1.29 is 14.4 Å². The Morgan fingerprint density at radius 1 is 1.50 bits per heavy atom. The highest BCUT2D eigenvalue weighted by molar-refractivity contribution is 7.99. The van der Waals surface area contributed by atoms with Crippen LogP contribution in [0.1, 0.15) is 13.3 Å². The van der Waals surface area contributed by atoms with E-state index in [0.717, 1.165) is 10.6 Å². The van der Waals surface area contributed by atoms with E-state index < -0.39 is 5.97 Å². The summed E-state index contributed by atoms with van der Waals surface area (Å²) in [6.45, 7) is 2.52. The largest absolute Gasteiger partial charge is 0.494 e. The Morgan fingerprint density at radius 2 is 2.28 bits per heavy atom. The van der Waals surface area contributed by atoms with Gasteiger partial charge in [0.25, 0.3) is 0 Å². The van der Waals surface area contributed by atoms with Gasteiger partial charge in [0.15, 0.2) is 0 Å². The van der Waals surface area contributed by atoms with Crippen LogP contribution in [0.25, 0.3) is 0 Å². The second-order valence-electron chi connectivity index (χ2n) is 3.32. The minimum Gasteiger partial charge on any atom is -0.494 e. The van der Waals surface area contributed by atoms with E-state index in [9.17, 15) is 4.79 Å². The highest BCUT2D eigenvalue weighted by atomic mass is 32.2. The number of nitrogens with one attached hydrogen (secondary N) is 1. The van der Waals surface area contributed by atoms with Gasteiger partial charge in [-0.2, -0.15) is 0 Å². The number of rotatable bonds is 7. The fourth-order valence-corrected chi connectivity index (χ4v) is 2.18. The van der Waals surface area contributed by atoms with E-state index in [1.165, 1.54) is 11.8 Å². The lowest BCUT2D eigenvalue weighted by atomic mass is 10.3. The van der Waals surface area contributed by atoms with Crippen molar-refractivity contribution in [3.8, 4) is 5.75 Å². The van der Waals surface area contributed by atoms with Crippen LogP contribution in [0.3, 0.4) is 0 Å². The van der Waals surface area contributed by atoms with Crippen molar-refractivity contribution in [3.63, 3.8) is 0 Å². The molecule has 1 rings (SSSR count). The minimum absolute atomic E-state index is 0.243. The third-order valence-corrected chi connectivity index (χ3v) is 3.11. The summed E-state index contributed by atoms with van der Waals surface area (Å²) in [5.74, 6) is 5.76. The van der Waals surface area contributed by atoms with Crippen molar-refractivity contribution >= 4 is 23.4 Å². The van der Waals surface area contributed by atoms with Gasteiger partial charge < -0.3 is 15.3 Å². The number of hydrogen-bond donors (Lipinski definition) is 3. The molecule has 0 atom stereocenters. The number of ether oxygens (including phenoxy) is 1. The molecule has 0 saturated carbocycles. The minimum atomic E-state index is -0.412. The normalized spacial score (nSPS) is 10.1. The lowest BCUT2D eigenvalue weighted by Gasteiger charge is -2.08.